The molecule has 5 heteroatoms. The summed E-state index contributed by atoms with van der Waals surface area (Å²) >= 11 is 1.87. The molecular weight excluding hydrogens is 256 g/mol. The maximum Gasteiger partial charge on any atom is 0.137 e. The summed E-state index contributed by atoms with van der Waals surface area (Å²) in [5.41, 5.74) is 0. The van der Waals surface area contributed by atoms with Crippen LogP contribution in [0, 0.1) is 5.92 Å². The van der Waals surface area contributed by atoms with Gasteiger partial charge in [-0.3, -0.25) is 4.68 Å². The topological polar surface area (TPSA) is 34.0 Å². The Hall–Kier alpha value is -1.20. The highest BCUT2D eigenvalue weighted by molar-refractivity contribution is 7.09. The maximum atomic E-state index is 4.21. The Morgan fingerprint density at radius 2 is 2.42 bits per heavy atom. The van der Waals surface area contributed by atoms with E-state index in [0.717, 1.165) is 12.5 Å². The van der Waals surface area contributed by atoms with Crippen molar-refractivity contribution in [3.8, 4) is 0 Å². The van der Waals surface area contributed by atoms with Gasteiger partial charge in [0, 0.05) is 24.5 Å². The SMILES string of the molecule is c1csc(CCN2CCC[C@H](Cn3cncn3)C2)c1. The molecule has 0 radical (unpaired) electrons. The molecule has 0 aromatic carbocycles. The molecule has 3 heterocycles. The highest BCUT2D eigenvalue weighted by Gasteiger charge is 2.20. The Bertz CT molecular complexity index is 466. The lowest BCUT2D eigenvalue weighted by atomic mass is 9.98. The van der Waals surface area contributed by atoms with Crippen molar-refractivity contribution in [3.05, 3.63) is 35.0 Å². The minimum Gasteiger partial charge on any atom is -0.303 e. The zero-order chi connectivity index (χ0) is 12.9. The van der Waals surface area contributed by atoms with Crippen LogP contribution in [0.2, 0.25) is 0 Å². The molecule has 0 spiro atoms. The van der Waals surface area contributed by atoms with Gasteiger partial charge in [-0.05, 0) is 43.2 Å². The molecule has 1 atom stereocenters. The monoisotopic (exact) mass is 276 g/mol. The van der Waals surface area contributed by atoms with Gasteiger partial charge in [0.15, 0.2) is 0 Å². The average molecular weight is 276 g/mol. The lowest BCUT2D eigenvalue weighted by Gasteiger charge is -2.32. The number of hydrogen-bond acceptors (Lipinski definition) is 4. The molecule has 0 bridgehead atoms. The van der Waals surface area contributed by atoms with E-state index < -0.39 is 0 Å². The van der Waals surface area contributed by atoms with Gasteiger partial charge in [0.2, 0.25) is 0 Å². The molecule has 1 saturated heterocycles. The van der Waals surface area contributed by atoms with Crippen LogP contribution in [0.5, 0.6) is 0 Å². The number of likely N-dealkylation sites (tertiary alicyclic amines) is 1. The van der Waals surface area contributed by atoms with E-state index in [4.69, 9.17) is 0 Å². The highest BCUT2D eigenvalue weighted by atomic mass is 32.1. The van der Waals surface area contributed by atoms with Crippen molar-refractivity contribution in [2.75, 3.05) is 19.6 Å². The predicted molar refractivity (Wildman–Crippen MR) is 77.2 cm³/mol. The number of piperidine rings is 1. The summed E-state index contributed by atoms with van der Waals surface area (Å²) in [4.78, 5) is 8.12. The van der Waals surface area contributed by atoms with Crippen LogP contribution in [0.25, 0.3) is 0 Å². The normalized spacial score (nSPS) is 20.7. The number of rotatable bonds is 5. The molecule has 1 fully saturated rings. The summed E-state index contributed by atoms with van der Waals surface area (Å²) in [7, 11) is 0. The maximum absolute atomic E-state index is 4.21. The molecule has 0 saturated carbocycles. The smallest absolute Gasteiger partial charge is 0.137 e. The minimum absolute atomic E-state index is 0.721. The number of thiophene rings is 1. The van der Waals surface area contributed by atoms with Crippen molar-refractivity contribution in [1.29, 1.82) is 0 Å². The molecule has 102 valence electrons. The van der Waals surface area contributed by atoms with Crippen molar-refractivity contribution >= 4 is 11.3 Å². The second kappa shape index (κ2) is 6.30. The molecule has 1 aliphatic rings. The summed E-state index contributed by atoms with van der Waals surface area (Å²) in [5.74, 6) is 0.721. The predicted octanol–water partition coefficient (Wildman–Crippen LogP) is 2.29. The van der Waals surface area contributed by atoms with Gasteiger partial charge in [0.25, 0.3) is 0 Å². The van der Waals surface area contributed by atoms with Gasteiger partial charge in [-0.15, -0.1) is 11.3 Å². The summed E-state index contributed by atoms with van der Waals surface area (Å²) in [6, 6.07) is 4.38. The first kappa shape index (κ1) is 12.8. The van der Waals surface area contributed by atoms with E-state index >= 15 is 0 Å². The van der Waals surface area contributed by atoms with Crippen LogP contribution in [-0.2, 0) is 13.0 Å². The molecule has 0 aliphatic carbocycles. The van der Waals surface area contributed by atoms with Gasteiger partial charge in [-0.25, -0.2) is 4.98 Å². The standard InChI is InChI=1S/C14H20N4S/c1-3-13(10-18-12-15-11-16-18)9-17(6-1)7-5-14-4-2-8-19-14/h2,4,8,11-13H,1,3,5-7,9-10H2/t13-/m0/s1. The van der Waals surface area contributed by atoms with E-state index in [9.17, 15) is 0 Å². The third-order valence-electron chi connectivity index (χ3n) is 3.77. The molecule has 4 nitrogen and oxygen atoms in total. The van der Waals surface area contributed by atoms with Gasteiger partial charge in [-0.2, -0.15) is 5.10 Å². The number of nitrogens with zero attached hydrogens (tertiary/aromatic N) is 4. The Morgan fingerprint density at radius 3 is 3.21 bits per heavy atom. The van der Waals surface area contributed by atoms with Crippen LogP contribution in [0.3, 0.4) is 0 Å². The van der Waals surface area contributed by atoms with E-state index in [1.165, 1.54) is 43.8 Å². The Labute approximate surface area is 118 Å². The zero-order valence-electron chi connectivity index (χ0n) is 11.1. The second-order valence-electron chi connectivity index (χ2n) is 5.26. The van der Waals surface area contributed by atoms with Gasteiger partial charge < -0.3 is 4.90 Å². The summed E-state index contributed by atoms with van der Waals surface area (Å²) in [6.45, 7) is 4.65. The molecule has 3 rings (SSSR count). The van der Waals surface area contributed by atoms with Gasteiger partial charge in [-0.1, -0.05) is 6.07 Å². The van der Waals surface area contributed by atoms with Gasteiger partial charge in [0.05, 0.1) is 0 Å². The molecular formula is C14H20N4S. The van der Waals surface area contributed by atoms with Crippen LogP contribution < -0.4 is 0 Å². The fourth-order valence-electron chi connectivity index (χ4n) is 2.82. The molecule has 19 heavy (non-hydrogen) atoms. The Morgan fingerprint density at radius 1 is 1.42 bits per heavy atom. The fourth-order valence-corrected chi connectivity index (χ4v) is 3.52. The van der Waals surface area contributed by atoms with E-state index in [1.54, 1.807) is 6.33 Å². The summed E-state index contributed by atoms with van der Waals surface area (Å²) in [5, 5.41) is 6.38. The van der Waals surface area contributed by atoms with E-state index in [2.05, 4.69) is 32.5 Å². The Kier molecular flexibility index (Phi) is 4.25. The van der Waals surface area contributed by atoms with E-state index in [1.807, 2.05) is 22.3 Å². The highest BCUT2D eigenvalue weighted by Crippen LogP contribution is 2.19. The number of aromatic nitrogens is 3. The average Bonchev–Trinajstić information content (AvgIpc) is 3.10. The number of hydrogen-bond donors (Lipinski definition) is 0. The van der Waals surface area contributed by atoms with Crippen LogP contribution in [0.4, 0.5) is 0 Å². The third-order valence-corrected chi connectivity index (χ3v) is 4.71. The first-order valence-electron chi connectivity index (χ1n) is 6.97. The molecule has 2 aromatic heterocycles. The van der Waals surface area contributed by atoms with Crippen molar-refractivity contribution in [3.63, 3.8) is 0 Å². The van der Waals surface area contributed by atoms with Crippen LogP contribution in [-0.4, -0.2) is 39.3 Å². The van der Waals surface area contributed by atoms with Crippen LogP contribution in [0.15, 0.2) is 30.2 Å². The second-order valence-corrected chi connectivity index (χ2v) is 6.29. The third kappa shape index (κ3) is 3.64. The van der Waals surface area contributed by atoms with Crippen molar-refractivity contribution in [1.82, 2.24) is 19.7 Å². The van der Waals surface area contributed by atoms with E-state index in [0.29, 0.717) is 0 Å². The van der Waals surface area contributed by atoms with Gasteiger partial charge >= 0.3 is 0 Å². The van der Waals surface area contributed by atoms with Crippen molar-refractivity contribution in [2.24, 2.45) is 5.92 Å². The van der Waals surface area contributed by atoms with Crippen molar-refractivity contribution in [2.45, 2.75) is 25.8 Å². The van der Waals surface area contributed by atoms with Gasteiger partial charge in [0.1, 0.15) is 12.7 Å². The Balaban J connectivity index is 1.47. The molecule has 0 N–H and O–H groups in total. The summed E-state index contributed by atoms with van der Waals surface area (Å²) < 4.78 is 1.97. The van der Waals surface area contributed by atoms with Crippen LogP contribution in [0.1, 0.15) is 17.7 Å². The molecule has 2 aromatic rings. The van der Waals surface area contributed by atoms with Crippen LogP contribution >= 0.6 is 11.3 Å². The first-order chi connectivity index (χ1) is 9.40. The lowest BCUT2D eigenvalue weighted by molar-refractivity contribution is 0.161. The summed E-state index contributed by atoms with van der Waals surface area (Å²) in [6.07, 6.45) is 7.26. The first-order valence-corrected chi connectivity index (χ1v) is 7.85. The minimum atomic E-state index is 0.721. The lowest BCUT2D eigenvalue weighted by Crippen LogP contribution is -2.38. The largest absolute Gasteiger partial charge is 0.303 e. The van der Waals surface area contributed by atoms with Crippen molar-refractivity contribution < 1.29 is 0 Å². The fraction of sp³-hybridized carbons (Fsp3) is 0.571. The molecule has 1 aliphatic heterocycles. The molecule has 0 unspecified atom stereocenters. The quantitative estimate of drug-likeness (QED) is 0.840. The molecule has 0 amide bonds. The van der Waals surface area contributed by atoms with E-state index in [-0.39, 0.29) is 0 Å². The zero-order valence-corrected chi connectivity index (χ0v) is 11.9.